The lowest BCUT2D eigenvalue weighted by Gasteiger charge is -2.14. The second-order valence-corrected chi connectivity index (χ2v) is 6.66. The van der Waals surface area contributed by atoms with Crippen LogP contribution in [-0.2, 0) is 10.0 Å². The predicted molar refractivity (Wildman–Crippen MR) is 83.7 cm³/mol. The number of rotatable bonds is 9. The van der Waals surface area contributed by atoms with Gasteiger partial charge >= 0.3 is 5.97 Å². The average molecular weight is 330 g/mol. The number of carboxylic acids is 1. The van der Waals surface area contributed by atoms with Crippen LogP contribution in [0.3, 0.4) is 0 Å². The zero-order valence-corrected chi connectivity index (χ0v) is 13.5. The molecule has 8 heteroatoms. The van der Waals surface area contributed by atoms with Crippen LogP contribution < -0.4 is 10.0 Å². The van der Waals surface area contributed by atoms with Gasteiger partial charge in [-0.1, -0.05) is 6.92 Å². The first-order valence-corrected chi connectivity index (χ1v) is 8.54. The zero-order chi connectivity index (χ0) is 16.8. The molecule has 4 N–H and O–H groups in total. The molecule has 22 heavy (non-hydrogen) atoms. The van der Waals surface area contributed by atoms with Crippen LogP contribution in [0.25, 0.3) is 0 Å². The molecular formula is C14H22N2O5S. The van der Waals surface area contributed by atoms with Crippen molar-refractivity contribution in [1.82, 2.24) is 4.72 Å². The van der Waals surface area contributed by atoms with Crippen LogP contribution in [0.2, 0.25) is 0 Å². The third kappa shape index (κ3) is 4.97. The number of aromatic carboxylic acids is 1. The Balaban J connectivity index is 3.09. The highest BCUT2D eigenvalue weighted by Crippen LogP contribution is 2.21. The summed E-state index contributed by atoms with van der Waals surface area (Å²) < 4.78 is 26.9. The molecule has 1 aromatic carbocycles. The van der Waals surface area contributed by atoms with Gasteiger partial charge in [-0.05, 0) is 38.0 Å². The summed E-state index contributed by atoms with van der Waals surface area (Å²) in [7, 11) is -3.75. The zero-order valence-electron chi connectivity index (χ0n) is 12.7. The van der Waals surface area contributed by atoms with Crippen molar-refractivity contribution in [3.8, 4) is 0 Å². The number of carboxylic acid groups (broad SMARTS) is 1. The Hall–Kier alpha value is -1.64. The Morgan fingerprint density at radius 1 is 1.36 bits per heavy atom. The molecule has 7 nitrogen and oxygen atoms in total. The topological polar surface area (TPSA) is 116 Å². The van der Waals surface area contributed by atoms with Crippen molar-refractivity contribution in [2.45, 2.75) is 37.6 Å². The predicted octanol–water partition coefficient (Wildman–Crippen LogP) is 1.26. The normalized spacial score (nSPS) is 12.9. The Labute approximate surface area is 130 Å². The van der Waals surface area contributed by atoms with E-state index >= 15 is 0 Å². The van der Waals surface area contributed by atoms with Gasteiger partial charge < -0.3 is 15.5 Å². The Bertz CT molecular complexity index is 616. The Kier molecular flexibility index (Phi) is 6.79. The van der Waals surface area contributed by atoms with Crippen molar-refractivity contribution < 1.29 is 23.4 Å². The molecule has 0 amide bonds. The van der Waals surface area contributed by atoms with Gasteiger partial charge in [0.2, 0.25) is 10.0 Å². The van der Waals surface area contributed by atoms with Crippen molar-refractivity contribution in [2.75, 3.05) is 18.5 Å². The number of sulfonamides is 1. The number of anilines is 1. The van der Waals surface area contributed by atoms with Gasteiger partial charge in [0.1, 0.15) is 0 Å². The molecule has 0 radical (unpaired) electrons. The van der Waals surface area contributed by atoms with Crippen molar-refractivity contribution in [1.29, 1.82) is 0 Å². The van der Waals surface area contributed by atoms with E-state index in [1.54, 1.807) is 6.92 Å². The highest BCUT2D eigenvalue weighted by Gasteiger charge is 2.20. The van der Waals surface area contributed by atoms with Crippen LogP contribution in [0.5, 0.6) is 0 Å². The molecule has 0 aliphatic rings. The van der Waals surface area contributed by atoms with Gasteiger partial charge in [-0.3, -0.25) is 0 Å². The molecule has 0 fully saturated rings. The second kappa shape index (κ2) is 8.11. The van der Waals surface area contributed by atoms with Gasteiger partial charge in [-0.25, -0.2) is 17.9 Å². The third-order valence-corrected chi connectivity index (χ3v) is 4.74. The fraction of sp³-hybridized carbons (Fsp3) is 0.500. The van der Waals surface area contributed by atoms with E-state index < -0.39 is 16.0 Å². The number of aliphatic hydroxyl groups excluding tert-OH is 1. The molecule has 0 spiro atoms. The maximum atomic E-state index is 12.2. The first-order valence-electron chi connectivity index (χ1n) is 7.06. The van der Waals surface area contributed by atoms with E-state index in [1.807, 2.05) is 6.92 Å². The number of carbonyl (C=O) groups is 1. The summed E-state index contributed by atoms with van der Waals surface area (Å²) in [5.41, 5.74) is 0.202. The van der Waals surface area contributed by atoms with E-state index in [4.69, 9.17) is 5.11 Å². The molecule has 1 atom stereocenters. The minimum atomic E-state index is -3.75. The number of aliphatic hydroxyl groups is 1. The molecule has 0 heterocycles. The summed E-state index contributed by atoms with van der Waals surface area (Å²) in [6, 6.07) is 3.68. The molecule has 0 bridgehead atoms. The third-order valence-electron chi connectivity index (χ3n) is 3.15. The summed E-state index contributed by atoms with van der Waals surface area (Å²) >= 11 is 0. The molecular weight excluding hydrogens is 308 g/mol. The summed E-state index contributed by atoms with van der Waals surface area (Å²) in [6.07, 6.45) is 1.10. The summed E-state index contributed by atoms with van der Waals surface area (Å²) in [4.78, 5) is 11.2. The number of hydrogen-bond acceptors (Lipinski definition) is 5. The monoisotopic (exact) mass is 330 g/mol. The molecule has 0 aromatic heterocycles. The van der Waals surface area contributed by atoms with Gasteiger partial charge in [0.15, 0.2) is 0 Å². The highest BCUT2D eigenvalue weighted by molar-refractivity contribution is 7.89. The first-order chi connectivity index (χ1) is 10.3. The standard InChI is InChI=1S/C14H22N2O5S/c1-3-10(2)16-22(20,21)11-5-6-13(15-7-4-8-17)12(9-11)14(18)19/h5-6,9-10,15-17H,3-4,7-8H2,1-2H3,(H,18,19)/t10-/m0/s1. The Morgan fingerprint density at radius 2 is 2.05 bits per heavy atom. The van der Waals surface area contributed by atoms with E-state index in [9.17, 15) is 18.3 Å². The minimum Gasteiger partial charge on any atom is -0.478 e. The van der Waals surface area contributed by atoms with E-state index in [0.717, 1.165) is 6.07 Å². The largest absolute Gasteiger partial charge is 0.478 e. The van der Waals surface area contributed by atoms with Crippen LogP contribution in [0, 0.1) is 0 Å². The average Bonchev–Trinajstić information content (AvgIpc) is 2.46. The Morgan fingerprint density at radius 3 is 2.59 bits per heavy atom. The summed E-state index contributed by atoms with van der Waals surface area (Å²) in [5.74, 6) is -1.22. The lowest BCUT2D eigenvalue weighted by atomic mass is 10.2. The van der Waals surface area contributed by atoms with Gasteiger partial charge in [0.05, 0.1) is 10.5 Å². The molecule has 0 saturated carbocycles. The van der Waals surface area contributed by atoms with Crippen LogP contribution in [0.15, 0.2) is 23.1 Å². The van der Waals surface area contributed by atoms with Gasteiger partial charge in [0.25, 0.3) is 0 Å². The van der Waals surface area contributed by atoms with Crippen molar-refractivity contribution >= 4 is 21.7 Å². The highest BCUT2D eigenvalue weighted by atomic mass is 32.2. The molecule has 1 rings (SSSR count). The molecule has 124 valence electrons. The minimum absolute atomic E-state index is 0.0132. The smallest absolute Gasteiger partial charge is 0.337 e. The van der Waals surface area contributed by atoms with E-state index in [2.05, 4.69) is 10.0 Å². The second-order valence-electron chi connectivity index (χ2n) is 4.95. The molecule has 0 aliphatic carbocycles. The van der Waals surface area contributed by atoms with E-state index in [1.165, 1.54) is 12.1 Å². The van der Waals surface area contributed by atoms with Gasteiger partial charge in [0, 0.05) is 24.9 Å². The van der Waals surface area contributed by atoms with E-state index in [0.29, 0.717) is 25.1 Å². The summed E-state index contributed by atoms with van der Waals surface area (Å²) in [6.45, 7) is 3.97. The van der Waals surface area contributed by atoms with Crippen LogP contribution >= 0.6 is 0 Å². The van der Waals surface area contributed by atoms with Crippen molar-refractivity contribution in [3.05, 3.63) is 23.8 Å². The molecule has 0 unspecified atom stereocenters. The fourth-order valence-corrected chi connectivity index (χ4v) is 3.09. The lowest BCUT2D eigenvalue weighted by Crippen LogP contribution is -2.32. The maximum absolute atomic E-state index is 12.2. The van der Waals surface area contributed by atoms with Crippen LogP contribution in [0.1, 0.15) is 37.0 Å². The summed E-state index contributed by atoms with van der Waals surface area (Å²) in [5, 5.41) is 20.8. The van der Waals surface area contributed by atoms with Crippen LogP contribution in [-0.4, -0.2) is 43.8 Å². The van der Waals surface area contributed by atoms with E-state index in [-0.39, 0.29) is 23.1 Å². The molecule has 1 aromatic rings. The maximum Gasteiger partial charge on any atom is 0.337 e. The van der Waals surface area contributed by atoms with Gasteiger partial charge in [-0.2, -0.15) is 0 Å². The number of hydrogen-bond donors (Lipinski definition) is 4. The SMILES string of the molecule is CC[C@H](C)NS(=O)(=O)c1ccc(NCCCO)c(C(=O)O)c1. The van der Waals surface area contributed by atoms with Crippen molar-refractivity contribution in [3.63, 3.8) is 0 Å². The van der Waals surface area contributed by atoms with Crippen molar-refractivity contribution in [2.24, 2.45) is 0 Å². The van der Waals surface area contributed by atoms with Gasteiger partial charge in [-0.15, -0.1) is 0 Å². The molecule has 0 saturated heterocycles. The fourth-order valence-electron chi connectivity index (χ4n) is 1.74. The molecule has 0 aliphatic heterocycles. The number of benzene rings is 1. The first kappa shape index (κ1) is 18.4. The quantitative estimate of drug-likeness (QED) is 0.507. The van der Waals surface area contributed by atoms with Crippen LogP contribution in [0.4, 0.5) is 5.69 Å². The lowest BCUT2D eigenvalue weighted by molar-refractivity contribution is 0.0697. The number of nitrogens with one attached hydrogen (secondary N) is 2.